The van der Waals surface area contributed by atoms with Crippen LogP contribution in [0.3, 0.4) is 0 Å². The van der Waals surface area contributed by atoms with Crippen molar-refractivity contribution in [2.75, 3.05) is 5.32 Å². The van der Waals surface area contributed by atoms with E-state index in [2.05, 4.69) is 30.5 Å². The Kier molecular flexibility index (Phi) is 5.24. The zero-order chi connectivity index (χ0) is 25.6. The summed E-state index contributed by atoms with van der Waals surface area (Å²) in [6, 6.07) is 11.8. The van der Waals surface area contributed by atoms with Crippen LogP contribution in [0.2, 0.25) is 0 Å². The number of para-hydroxylation sites is 1. The van der Waals surface area contributed by atoms with Crippen LogP contribution >= 0.6 is 0 Å². The van der Waals surface area contributed by atoms with Gasteiger partial charge in [-0.05, 0) is 50.1 Å². The lowest BCUT2D eigenvalue weighted by Gasteiger charge is -2.11. The number of aromatic amines is 2. The highest BCUT2D eigenvalue weighted by Gasteiger charge is 2.23. The van der Waals surface area contributed by atoms with Gasteiger partial charge in [0.2, 0.25) is 5.91 Å². The molecule has 3 N–H and O–H groups in total. The van der Waals surface area contributed by atoms with E-state index in [1.807, 2.05) is 54.1 Å². The SMILES string of the molecule is Cc1cn(-c2cccc3[nH]c(-c4n[nH]c5ccc(-c6cncc(NC(=O)C7CCCC7)c6)nc45)nc23)cn1. The van der Waals surface area contributed by atoms with Crippen LogP contribution in [0.4, 0.5) is 5.69 Å². The van der Waals surface area contributed by atoms with E-state index in [9.17, 15) is 4.79 Å². The number of pyridine rings is 2. The molecule has 10 heteroatoms. The Labute approximate surface area is 217 Å². The van der Waals surface area contributed by atoms with Gasteiger partial charge in [0.05, 0.1) is 46.3 Å². The highest BCUT2D eigenvalue weighted by molar-refractivity contribution is 5.94. The molecule has 10 nitrogen and oxygen atoms in total. The van der Waals surface area contributed by atoms with E-state index in [4.69, 9.17) is 9.97 Å². The molecule has 1 aliphatic rings. The number of aromatic nitrogens is 8. The number of rotatable bonds is 5. The summed E-state index contributed by atoms with van der Waals surface area (Å²) in [5, 5.41) is 10.6. The van der Waals surface area contributed by atoms with Crippen LogP contribution in [0.1, 0.15) is 31.4 Å². The molecule has 0 spiro atoms. The smallest absolute Gasteiger partial charge is 0.227 e. The van der Waals surface area contributed by atoms with E-state index >= 15 is 0 Å². The molecule has 188 valence electrons. The summed E-state index contributed by atoms with van der Waals surface area (Å²) < 4.78 is 1.97. The van der Waals surface area contributed by atoms with Crippen LogP contribution in [0.15, 0.2) is 61.3 Å². The van der Waals surface area contributed by atoms with Crippen LogP contribution in [-0.2, 0) is 4.79 Å². The maximum atomic E-state index is 12.6. The van der Waals surface area contributed by atoms with E-state index in [0.29, 0.717) is 22.7 Å². The third-order valence-electron chi connectivity index (χ3n) is 7.14. The number of nitrogens with one attached hydrogen (secondary N) is 3. The monoisotopic (exact) mass is 503 g/mol. The van der Waals surface area contributed by atoms with Gasteiger partial charge in [-0.2, -0.15) is 5.10 Å². The Morgan fingerprint density at radius 2 is 1.95 bits per heavy atom. The number of imidazole rings is 2. The highest BCUT2D eigenvalue weighted by atomic mass is 16.1. The van der Waals surface area contributed by atoms with Crippen molar-refractivity contribution in [3.63, 3.8) is 0 Å². The average Bonchev–Trinajstić information content (AvgIpc) is 3.74. The second-order valence-electron chi connectivity index (χ2n) is 9.78. The molecular formula is C28H25N9O. The number of fused-ring (bicyclic) bond motifs is 2. The van der Waals surface area contributed by atoms with Crippen LogP contribution < -0.4 is 5.32 Å². The van der Waals surface area contributed by atoms with Crippen molar-refractivity contribution >= 4 is 33.7 Å². The Morgan fingerprint density at radius 1 is 1.05 bits per heavy atom. The van der Waals surface area contributed by atoms with Gasteiger partial charge < -0.3 is 14.9 Å². The predicted octanol–water partition coefficient (Wildman–Crippen LogP) is 5.19. The van der Waals surface area contributed by atoms with Gasteiger partial charge in [-0.3, -0.25) is 14.9 Å². The van der Waals surface area contributed by atoms with Gasteiger partial charge in [0, 0.05) is 23.9 Å². The zero-order valence-electron chi connectivity index (χ0n) is 20.8. The molecule has 0 saturated heterocycles. The lowest BCUT2D eigenvalue weighted by Crippen LogP contribution is -2.20. The van der Waals surface area contributed by atoms with E-state index in [1.165, 1.54) is 0 Å². The minimum Gasteiger partial charge on any atom is -0.336 e. The molecule has 5 heterocycles. The minimum atomic E-state index is 0.0668. The summed E-state index contributed by atoms with van der Waals surface area (Å²) >= 11 is 0. The number of hydrogen-bond acceptors (Lipinski definition) is 6. The third kappa shape index (κ3) is 3.90. The van der Waals surface area contributed by atoms with Gasteiger partial charge in [-0.25, -0.2) is 15.0 Å². The second kappa shape index (κ2) is 8.91. The molecule has 1 saturated carbocycles. The molecule has 1 aliphatic carbocycles. The lowest BCUT2D eigenvalue weighted by atomic mass is 10.1. The van der Waals surface area contributed by atoms with Crippen LogP contribution in [0.25, 0.3) is 50.5 Å². The number of carbonyl (C=O) groups is 1. The maximum absolute atomic E-state index is 12.6. The molecule has 1 aromatic carbocycles. The van der Waals surface area contributed by atoms with Crippen molar-refractivity contribution in [3.8, 4) is 28.5 Å². The molecule has 7 rings (SSSR count). The Morgan fingerprint density at radius 3 is 2.79 bits per heavy atom. The van der Waals surface area contributed by atoms with Crippen molar-refractivity contribution in [1.29, 1.82) is 0 Å². The summed E-state index contributed by atoms with van der Waals surface area (Å²) in [4.78, 5) is 34.5. The second-order valence-corrected chi connectivity index (χ2v) is 9.78. The molecule has 1 fully saturated rings. The van der Waals surface area contributed by atoms with Gasteiger partial charge >= 0.3 is 0 Å². The standard InChI is InChI=1S/C28H25N9O/c1-16-14-37(15-30-16)23-8-4-7-21-24(23)34-27(33-21)26-25-22(35-36-26)10-9-20(32-25)18-11-19(13-29-12-18)31-28(38)17-5-2-3-6-17/h4,7-15,17H,2-3,5-6H2,1H3,(H,31,38)(H,33,34)(H,35,36). The van der Waals surface area contributed by atoms with E-state index in [0.717, 1.165) is 64.9 Å². The highest BCUT2D eigenvalue weighted by Crippen LogP contribution is 2.30. The fourth-order valence-electron chi connectivity index (χ4n) is 5.20. The number of nitrogens with zero attached hydrogens (tertiary/aromatic N) is 6. The van der Waals surface area contributed by atoms with Gasteiger partial charge in [0.25, 0.3) is 0 Å². The van der Waals surface area contributed by atoms with Crippen molar-refractivity contribution < 1.29 is 4.79 Å². The zero-order valence-corrected chi connectivity index (χ0v) is 20.8. The molecule has 6 aromatic rings. The summed E-state index contributed by atoms with van der Waals surface area (Å²) in [5.41, 5.74) is 7.92. The summed E-state index contributed by atoms with van der Waals surface area (Å²) in [5.74, 6) is 0.775. The topological polar surface area (TPSA) is 130 Å². The molecule has 0 bridgehead atoms. The lowest BCUT2D eigenvalue weighted by molar-refractivity contribution is -0.119. The summed E-state index contributed by atoms with van der Waals surface area (Å²) in [6.45, 7) is 1.96. The van der Waals surface area contributed by atoms with Gasteiger partial charge in [0.1, 0.15) is 11.0 Å². The number of benzene rings is 1. The number of hydrogen-bond donors (Lipinski definition) is 3. The number of carbonyl (C=O) groups excluding carboxylic acids is 1. The van der Waals surface area contributed by atoms with Crippen LogP contribution in [0.5, 0.6) is 0 Å². The molecule has 0 aliphatic heterocycles. The molecule has 0 unspecified atom stereocenters. The summed E-state index contributed by atoms with van der Waals surface area (Å²) in [7, 11) is 0. The normalized spacial score (nSPS) is 14.0. The minimum absolute atomic E-state index is 0.0668. The Hall–Kier alpha value is -4.86. The maximum Gasteiger partial charge on any atom is 0.227 e. The first-order chi connectivity index (χ1) is 18.6. The van der Waals surface area contributed by atoms with Gasteiger partial charge in [0.15, 0.2) is 11.5 Å². The number of aryl methyl sites for hydroxylation is 1. The van der Waals surface area contributed by atoms with Crippen molar-refractivity contribution in [1.82, 2.24) is 39.7 Å². The Balaban J connectivity index is 1.24. The average molecular weight is 504 g/mol. The molecule has 0 radical (unpaired) electrons. The quantitative estimate of drug-likeness (QED) is 0.297. The third-order valence-corrected chi connectivity index (χ3v) is 7.14. The Bertz CT molecular complexity index is 1810. The first kappa shape index (κ1) is 22.3. The van der Waals surface area contributed by atoms with E-state index < -0.39 is 0 Å². The molecule has 5 aromatic heterocycles. The fourth-order valence-corrected chi connectivity index (χ4v) is 5.20. The molecule has 0 atom stereocenters. The first-order valence-electron chi connectivity index (χ1n) is 12.7. The molecule has 38 heavy (non-hydrogen) atoms. The van der Waals surface area contributed by atoms with E-state index in [1.54, 1.807) is 18.7 Å². The van der Waals surface area contributed by atoms with Crippen molar-refractivity contribution in [3.05, 3.63) is 67.0 Å². The largest absolute Gasteiger partial charge is 0.336 e. The number of amides is 1. The molecule has 1 amide bonds. The summed E-state index contributed by atoms with van der Waals surface area (Å²) in [6.07, 6.45) is 11.3. The van der Waals surface area contributed by atoms with Crippen molar-refractivity contribution in [2.24, 2.45) is 5.92 Å². The first-order valence-corrected chi connectivity index (χ1v) is 12.7. The van der Waals surface area contributed by atoms with E-state index in [-0.39, 0.29) is 11.8 Å². The van der Waals surface area contributed by atoms with Crippen molar-refractivity contribution in [2.45, 2.75) is 32.6 Å². The van der Waals surface area contributed by atoms with Gasteiger partial charge in [-0.15, -0.1) is 0 Å². The van der Waals surface area contributed by atoms with Gasteiger partial charge in [-0.1, -0.05) is 18.9 Å². The van der Waals surface area contributed by atoms with Crippen LogP contribution in [-0.4, -0.2) is 45.6 Å². The fraction of sp³-hybridized carbons (Fsp3) is 0.214. The predicted molar refractivity (Wildman–Crippen MR) is 145 cm³/mol. The van der Waals surface area contributed by atoms with Crippen LogP contribution in [0, 0.1) is 12.8 Å². The molecular weight excluding hydrogens is 478 g/mol. The number of H-pyrrole nitrogens is 2. The number of anilines is 1.